The summed E-state index contributed by atoms with van der Waals surface area (Å²) in [5, 5.41) is 2.39. The molecule has 19 heavy (non-hydrogen) atoms. The number of benzene rings is 1. The minimum absolute atomic E-state index is 0.135. The zero-order valence-electron chi connectivity index (χ0n) is 10.7. The largest absolute Gasteiger partial charge is 0.325 e. The molecule has 0 saturated heterocycles. The first kappa shape index (κ1) is 13.9. The molecular formula is C14H18F2N2O. The zero-order chi connectivity index (χ0) is 13.9. The van der Waals surface area contributed by atoms with Crippen LogP contribution in [0, 0.1) is 11.6 Å². The Morgan fingerprint density at radius 2 is 1.95 bits per heavy atom. The van der Waals surface area contributed by atoms with Crippen molar-refractivity contribution in [3.05, 3.63) is 29.8 Å². The lowest BCUT2D eigenvalue weighted by atomic mass is 9.80. The molecule has 0 unspecified atom stereocenters. The summed E-state index contributed by atoms with van der Waals surface area (Å²) >= 11 is 0. The number of carbonyl (C=O) groups is 1. The number of hydrogen-bond donors (Lipinski definition) is 2. The van der Waals surface area contributed by atoms with Crippen molar-refractivity contribution in [1.29, 1.82) is 0 Å². The summed E-state index contributed by atoms with van der Waals surface area (Å²) in [5.41, 5.74) is 5.51. The first-order valence-electron chi connectivity index (χ1n) is 6.52. The first-order valence-corrected chi connectivity index (χ1v) is 6.52. The number of halogens is 2. The molecule has 0 heterocycles. The predicted octanol–water partition coefficient (Wildman–Crippen LogP) is 2.96. The third-order valence-electron chi connectivity index (χ3n) is 3.56. The smallest absolute Gasteiger partial charge is 0.226 e. The van der Waals surface area contributed by atoms with Gasteiger partial charge in [0.15, 0.2) is 0 Å². The van der Waals surface area contributed by atoms with Gasteiger partial charge in [0, 0.05) is 18.0 Å². The first-order chi connectivity index (χ1) is 8.98. The molecule has 1 aromatic rings. The highest BCUT2D eigenvalue weighted by Gasteiger charge is 2.30. The van der Waals surface area contributed by atoms with Crippen molar-refractivity contribution in [3.63, 3.8) is 0 Å². The fourth-order valence-electron chi connectivity index (χ4n) is 2.54. The van der Waals surface area contributed by atoms with E-state index in [1.807, 2.05) is 0 Å². The van der Waals surface area contributed by atoms with Gasteiger partial charge in [0.05, 0.1) is 5.69 Å². The van der Waals surface area contributed by atoms with Crippen molar-refractivity contribution in [2.75, 3.05) is 5.32 Å². The Bertz CT molecular complexity index is 471. The van der Waals surface area contributed by atoms with Crippen molar-refractivity contribution in [2.45, 2.75) is 44.1 Å². The van der Waals surface area contributed by atoms with Crippen LogP contribution in [0.3, 0.4) is 0 Å². The molecule has 0 aromatic heterocycles. The van der Waals surface area contributed by atoms with Gasteiger partial charge < -0.3 is 11.1 Å². The average molecular weight is 268 g/mol. The molecule has 3 N–H and O–H groups in total. The molecule has 0 atom stereocenters. The lowest BCUT2D eigenvalue weighted by Gasteiger charge is -2.32. The number of rotatable bonds is 3. The topological polar surface area (TPSA) is 55.1 Å². The summed E-state index contributed by atoms with van der Waals surface area (Å²) < 4.78 is 26.4. The minimum atomic E-state index is -0.649. The maximum Gasteiger partial charge on any atom is 0.226 e. The van der Waals surface area contributed by atoms with Gasteiger partial charge >= 0.3 is 0 Å². The van der Waals surface area contributed by atoms with Gasteiger partial charge in [-0.25, -0.2) is 8.78 Å². The third kappa shape index (κ3) is 3.73. The molecule has 0 radical (unpaired) electrons. The summed E-state index contributed by atoms with van der Waals surface area (Å²) in [5.74, 6) is -1.60. The maximum atomic E-state index is 13.4. The van der Waals surface area contributed by atoms with Gasteiger partial charge in [0.25, 0.3) is 0 Å². The second kappa shape index (κ2) is 5.65. The summed E-state index contributed by atoms with van der Waals surface area (Å²) in [6, 6.07) is 2.97. The Labute approximate surface area is 111 Å². The Morgan fingerprint density at radius 3 is 2.63 bits per heavy atom. The van der Waals surface area contributed by atoms with Gasteiger partial charge in [0.1, 0.15) is 11.6 Å². The molecule has 1 aliphatic carbocycles. The molecule has 0 bridgehead atoms. The molecule has 104 valence electrons. The number of hydrogen-bond acceptors (Lipinski definition) is 2. The quantitative estimate of drug-likeness (QED) is 0.885. The summed E-state index contributed by atoms with van der Waals surface area (Å²) in [6.45, 7) is 0. The van der Waals surface area contributed by atoms with E-state index < -0.39 is 17.2 Å². The fourth-order valence-corrected chi connectivity index (χ4v) is 2.54. The van der Waals surface area contributed by atoms with Crippen LogP contribution in [-0.4, -0.2) is 11.4 Å². The van der Waals surface area contributed by atoms with E-state index in [-0.39, 0.29) is 18.0 Å². The fraction of sp³-hybridized carbons (Fsp3) is 0.500. The number of nitrogens with one attached hydrogen (secondary N) is 1. The van der Waals surface area contributed by atoms with Crippen molar-refractivity contribution < 1.29 is 13.6 Å². The molecule has 5 heteroatoms. The van der Waals surface area contributed by atoms with Crippen LogP contribution in [0.2, 0.25) is 0 Å². The molecule has 1 saturated carbocycles. The Kier molecular flexibility index (Phi) is 4.14. The average Bonchev–Trinajstić information content (AvgIpc) is 2.34. The van der Waals surface area contributed by atoms with Crippen LogP contribution >= 0.6 is 0 Å². The van der Waals surface area contributed by atoms with Gasteiger partial charge in [-0.15, -0.1) is 0 Å². The lowest BCUT2D eigenvalue weighted by Crippen LogP contribution is -2.44. The van der Waals surface area contributed by atoms with Crippen LogP contribution in [0.4, 0.5) is 14.5 Å². The second-order valence-corrected chi connectivity index (χ2v) is 5.27. The molecule has 0 aliphatic heterocycles. The highest BCUT2D eigenvalue weighted by Crippen LogP contribution is 2.29. The van der Waals surface area contributed by atoms with E-state index >= 15 is 0 Å². The molecule has 1 amide bonds. The van der Waals surface area contributed by atoms with Crippen LogP contribution in [-0.2, 0) is 4.79 Å². The molecule has 1 aromatic carbocycles. The number of carbonyl (C=O) groups excluding carboxylic acids is 1. The van der Waals surface area contributed by atoms with Gasteiger partial charge in [-0.05, 0) is 25.0 Å². The monoisotopic (exact) mass is 268 g/mol. The predicted molar refractivity (Wildman–Crippen MR) is 69.6 cm³/mol. The van der Waals surface area contributed by atoms with Crippen LogP contribution in [0.25, 0.3) is 0 Å². The van der Waals surface area contributed by atoms with Crippen LogP contribution in [0.5, 0.6) is 0 Å². The summed E-state index contributed by atoms with van der Waals surface area (Å²) in [6.07, 6.45) is 4.90. The zero-order valence-corrected chi connectivity index (χ0v) is 10.7. The molecule has 3 nitrogen and oxygen atoms in total. The molecule has 2 rings (SSSR count). The second-order valence-electron chi connectivity index (χ2n) is 5.27. The van der Waals surface area contributed by atoms with E-state index in [9.17, 15) is 13.6 Å². The van der Waals surface area contributed by atoms with Gasteiger partial charge in [-0.3, -0.25) is 4.79 Å². The minimum Gasteiger partial charge on any atom is -0.325 e. The van der Waals surface area contributed by atoms with E-state index in [0.717, 1.165) is 50.3 Å². The Balaban J connectivity index is 1.99. The number of nitrogens with two attached hydrogens (primary N) is 1. The standard InChI is InChI=1S/C14H18F2N2O/c15-10-4-5-11(16)12(8-10)18-13(19)9-14(17)6-2-1-3-7-14/h4-5,8H,1-3,6-7,9,17H2,(H,18,19). The van der Waals surface area contributed by atoms with Gasteiger partial charge in [-0.2, -0.15) is 0 Å². The molecule has 1 fully saturated rings. The van der Waals surface area contributed by atoms with Gasteiger partial charge in [0.2, 0.25) is 5.91 Å². The Hall–Kier alpha value is -1.49. The van der Waals surface area contributed by atoms with E-state index in [1.54, 1.807) is 0 Å². The van der Waals surface area contributed by atoms with Crippen LogP contribution in [0.15, 0.2) is 18.2 Å². The normalized spacial score (nSPS) is 18.1. The van der Waals surface area contributed by atoms with Crippen molar-refractivity contribution in [2.24, 2.45) is 5.73 Å². The maximum absolute atomic E-state index is 13.4. The Morgan fingerprint density at radius 1 is 1.26 bits per heavy atom. The van der Waals surface area contributed by atoms with Crippen LogP contribution in [0.1, 0.15) is 38.5 Å². The number of anilines is 1. The van der Waals surface area contributed by atoms with Crippen LogP contribution < -0.4 is 11.1 Å². The number of amides is 1. The van der Waals surface area contributed by atoms with Gasteiger partial charge in [-0.1, -0.05) is 19.3 Å². The molecular weight excluding hydrogens is 250 g/mol. The van der Waals surface area contributed by atoms with E-state index in [2.05, 4.69) is 5.32 Å². The SMILES string of the molecule is NC1(CC(=O)Nc2cc(F)ccc2F)CCCCC1. The lowest BCUT2D eigenvalue weighted by molar-refractivity contribution is -0.117. The third-order valence-corrected chi connectivity index (χ3v) is 3.56. The highest BCUT2D eigenvalue weighted by atomic mass is 19.1. The van der Waals surface area contributed by atoms with Crippen molar-refractivity contribution in [1.82, 2.24) is 0 Å². The van der Waals surface area contributed by atoms with E-state index in [0.29, 0.717) is 0 Å². The molecule has 1 aliphatic rings. The van der Waals surface area contributed by atoms with Crippen molar-refractivity contribution in [3.8, 4) is 0 Å². The molecule has 0 spiro atoms. The van der Waals surface area contributed by atoms with E-state index in [4.69, 9.17) is 5.73 Å². The van der Waals surface area contributed by atoms with E-state index in [1.165, 1.54) is 0 Å². The summed E-state index contributed by atoms with van der Waals surface area (Å²) in [4.78, 5) is 11.9. The highest BCUT2D eigenvalue weighted by molar-refractivity contribution is 5.91. The summed E-state index contributed by atoms with van der Waals surface area (Å²) in [7, 11) is 0. The van der Waals surface area contributed by atoms with Crippen molar-refractivity contribution >= 4 is 11.6 Å².